The van der Waals surface area contributed by atoms with E-state index in [1.54, 1.807) is 11.0 Å². The molecular weight excluding hydrogens is 508 g/mol. The number of ether oxygens (including phenoxy) is 1. The van der Waals surface area contributed by atoms with Gasteiger partial charge in [0.1, 0.15) is 18.3 Å². The Kier molecular flexibility index (Phi) is 16.0. The number of aryl methyl sites for hydroxylation is 1. The molecule has 8 nitrogen and oxygen atoms in total. The zero-order chi connectivity index (χ0) is 29.3. The van der Waals surface area contributed by atoms with Crippen molar-refractivity contribution in [1.82, 2.24) is 15.4 Å². The predicted molar refractivity (Wildman–Crippen MR) is 147 cm³/mol. The van der Waals surface area contributed by atoms with E-state index in [1.165, 1.54) is 26.0 Å². The molecule has 1 aromatic heterocycles. The van der Waals surface area contributed by atoms with Crippen LogP contribution in [-0.2, 0) is 22.6 Å². The predicted octanol–water partition coefficient (Wildman–Crippen LogP) is 7.38. The average molecular weight is 554 g/mol. The monoisotopic (exact) mass is 553 g/mol. The second kappa shape index (κ2) is 18.3. The molecule has 1 aromatic rings. The van der Waals surface area contributed by atoms with Gasteiger partial charge in [0.25, 0.3) is 0 Å². The Morgan fingerprint density at radius 3 is 2.46 bits per heavy atom. The third kappa shape index (κ3) is 13.1. The number of rotatable bonds is 16. The molecule has 0 saturated heterocycles. The summed E-state index contributed by atoms with van der Waals surface area (Å²) in [6, 6.07) is 1.34. The van der Waals surface area contributed by atoms with E-state index >= 15 is 0 Å². The molecule has 0 spiro atoms. The van der Waals surface area contributed by atoms with Crippen molar-refractivity contribution < 1.29 is 32.7 Å². The van der Waals surface area contributed by atoms with Crippen molar-refractivity contribution in [2.75, 3.05) is 13.1 Å². The molecule has 220 valence electrons. The molecular formula is C29H45F2N3O5. The Hall–Kier alpha value is -3.01. The Morgan fingerprint density at radius 1 is 1.13 bits per heavy atom. The Balaban J connectivity index is 0.00000371. The highest BCUT2D eigenvalue weighted by atomic mass is 19.1. The number of halogens is 2. The van der Waals surface area contributed by atoms with Gasteiger partial charge in [-0.2, -0.15) is 0 Å². The van der Waals surface area contributed by atoms with Crippen LogP contribution in [0.25, 0.3) is 0 Å². The lowest BCUT2D eigenvalue weighted by Gasteiger charge is -2.24. The quantitative estimate of drug-likeness (QED) is 0.207. The van der Waals surface area contributed by atoms with E-state index < -0.39 is 29.3 Å². The van der Waals surface area contributed by atoms with Crippen molar-refractivity contribution in [3.05, 3.63) is 53.1 Å². The normalized spacial score (nSPS) is 13.4. The zero-order valence-electron chi connectivity index (χ0n) is 24.0. The second-order valence-corrected chi connectivity index (χ2v) is 9.64. The molecule has 0 atom stereocenters. The molecule has 2 amide bonds. The zero-order valence-corrected chi connectivity index (χ0v) is 24.0. The van der Waals surface area contributed by atoms with Crippen LogP contribution in [-0.4, -0.2) is 45.9 Å². The van der Waals surface area contributed by atoms with Crippen LogP contribution in [0.1, 0.15) is 97.4 Å². The van der Waals surface area contributed by atoms with Crippen LogP contribution in [0.2, 0.25) is 0 Å². The van der Waals surface area contributed by atoms with Gasteiger partial charge >= 0.3 is 12.0 Å². The summed E-state index contributed by atoms with van der Waals surface area (Å²) in [6.45, 7) is 10.1. The van der Waals surface area contributed by atoms with Crippen molar-refractivity contribution >= 4 is 12.0 Å². The molecule has 0 fully saturated rings. The fraction of sp³-hybridized carbons (Fsp3) is 0.621. The highest BCUT2D eigenvalue weighted by molar-refractivity contribution is 5.76. The number of hydrogen-bond donors (Lipinski definition) is 2. The van der Waals surface area contributed by atoms with Gasteiger partial charge in [-0.05, 0) is 45.6 Å². The molecule has 0 saturated carbocycles. The Bertz CT molecular complexity index is 985. The van der Waals surface area contributed by atoms with E-state index in [2.05, 4.69) is 17.4 Å². The third-order valence-electron chi connectivity index (χ3n) is 6.04. The van der Waals surface area contributed by atoms with Gasteiger partial charge in [-0.15, -0.1) is 0 Å². The number of carbonyl (C=O) groups excluding carboxylic acids is 1. The van der Waals surface area contributed by atoms with Crippen molar-refractivity contribution in [3.8, 4) is 0 Å². The van der Waals surface area contributed by atoms with Crippen LogP contribution in [0.15, 0.2) is 46.2 Å². The van der Waals surface area contributed by atoms with Crippen LogP contribution in [0.3, 0.4) is 0 Å². The minimum Gasteiger partial charge on any atom is -0.479 e. The van der Waals surface area contributed by atoms with E-state index in [0.717, 1.165) is 44.6 Å². The standard InChI is InChI=1S/C27H39F2N3O5.C2H6/c1-4-5-6-7-9-15-32(26(35)30-24-14-11-12-20(28)17-23(24)29)16-10-8-13-21-18-22(37-31-21)19-36-27(2,3)25(33)34;1-2/h11-12,17-18H,4-10,13-16,19H2,1-3H3,(H,30,35)(H,33,34);1-2H3. The largest absolute Gasteiger partial charge is 0.479 e. The lowest BCUT2D eigenvalue weighted by molar-refractivity contribution is -0.163. The Morgan fingerprint density at radius 2 is 1.79 bits per heavy atom. The molecule has 0 unspecified atom stereocenters. The third-order valence-corrected chi connectivity index (χ3v) is 6.04. The summed E-state index contributed by atoms with van der Waals surface area (Å²) in [5.41, 5.74) is -0.564. The van der Waals surface area contributed by atoms with Crippen LogP contribution in [0.5, 0.6) is 0 Å². The minimum atomic E-state index is -1.33. The number of amides is 2. The van der Waals surface area contributed by atoms with E-state index in [4.69, 9.17) is 14.4 Å². The summed E-state index contributed by atoms with van der Waals surface area (Å²) in [5, 5.41) is 15.8. The number of carbonyl (C=O) groups is 2. The average Bonchev–Trinajstić information content (AvgIpc) is 3.30. The fourth-order valence-corrected chi connectivity index (χ4v) is 3.65. The molecule has 2 N–H and O–H groups in total. The highest BCUT2D eigenvalue weighted by Crippen LogP contribution is 2.19. The van der Waals surface area contributed by atoms with Gasteiger partial charge in [-0.1, -0.05) is 57.7 Å². The van der Waals surface area contributed by atoms with Gasteiger partial charge in [-0.25, -0.2) is 18.4 Å². The number of carboxylic acids is 1. The first-order chi connectivity index (χ1) is 18.6. The lowest BCUT2D eigenvalue weighted by Crippen LogP contribution is -2.41. The second-order valence-electron chi connectivity index (χ2n) is 9.64. The molecule has 1 aliphatic rings. The maximum Gasteiger partial charge on any atom is 0.335 e. The Labute approximate surface area is 231 Å². The summed E-state index contributed by atoms with van der Waals surface area (Å²) >= 11 is 0. The molecule has 0 radical (unpaired) electrons. The van der Waals surface area contributed by atoms with E-state index in [-0.39, 0.29) is 18.7 Å². The number of hydrogen-bond acceptors (Lipinski definition) is 5. The number of aliphatic carboxylic acids is 1. The summed E-state index contributed by atoms with van der Waals surface area (Å²) in [4.78, 5) is 25.8. The first kappa shape index (κ1) is 34.0. The SMILES string of the molecule is CC.CCCCCCCN(CCCCc1cc(COC(C)(C)C(=O)O)on1)C(=O)NC1=C(F)C=C(F)C=CC1. The topological polar surface area (TPSA) is 105 Å². The van der Waals surface area contributed by atoms with Crippen molar-refractivity contribution in [2.45, 2.75) is 105 Å². The van der Waals surface area contributed by atoms with Gasteiger partial charge in [0, 0.05) is 31.7 Å². The van der Waals surface area contributed by atoms with E-state index in [9.17, 15) is 18.4 Å². The molecule has 1 aliphatic carbocycles. The summed E-state index contributed by atoms with van der Waals surface area (Å²) in [7, 11) is 0. The number of urea groups is 1. The molecule has 10 heteroatoms. The van der Waals surface area contributed by atoms with Crippen molar-refractivity contribution in [2.24, 2.45) is 0 Å². The van der Waals surface area contributed by atoms with Crippen LogP contribution in [0, 0.1) is 0 Å². The first-order valence-electron chi connectivity index (χ1n) is 13.9. The number of aromatic nitrogens is 1. The number of unbranched alkanes of at least 4 members (excludes halogenated alkanes) is 5. The lowest BCUT2D eigenvalue weighted by atomic mass is 10.1. The molecule has 1 heterocycles. The molecule has 2 rings (SSSR count). The summed E-state index contributed by atoms with van der Waals surface area (Å²) in [5.74, 6) is -2.10. The van der Waals surface area contributed by atoms with Gasteiger partial charge in [-0.3, -0.25) is 0 Å². The maximum atomic E-state index is 14.3. The number of carboxylic acid groups (broad SMARTS) is 1. The number of nitrogens with zero attached hydrogens (tertiary/aromatic N) is 2. The number of allylic oxidation sites excluding steroid dienone is 5. The molecule has 0 bridgehead atoms. The first-order valence-corrected chi connectivity index (χ1v) is 13.9. The van der Waals surface area contributed by atoms with Crippen LogP contribution in [0.4, 0.5) is 13.6 Å². The molecule has 39 heavy (non-hydrogen) atoms. The van der Waals surface area contributed by atoms with Gasteiger partial charge < -0.3 is 24.6 Å². The number of nitrogens with one attached hydrogen (secondary N) is 1. The highest BCUT2D eigenvalue weighted by Gasteiger charge is 2.28. The van der Waals surface area contributed by atoms with E-state index in [1.807, 2.05) is 13.8 Å². The van der Waals surface area contributed by atoms with Gasteiger partial charge in [0.05, 0.1) is 11.4 Å². The van der Waals surface area contributed by atoms with Crippen LogP contribution >= 0.6 is 0 Å². The molecule has 0 aliphatic heterocycles. The smallest absolute Gasteiger partial charge is 0.335 e. The van der Waals surface area contributed by atoms with Crippen molar-refractivity contribution in [3.63, 3.8) is 0 Å². The summed E-state index contributed by atoms with van der Waals surface area (Å²) < 4.78 is 38.3. The van der Waals surface area contributed by atoms with Crippen molar-refractivity contribution in [1.29, 1.82) is 0 Å². The summed E-state index contributed by atoms with van der Waals surface area (Å²) in [6.07, 6.45) is 10.8. The molecule has 0 aromatic carbocycles. The maximum absolute atomic E-state index is 14.3. The fourth-order valence-electron chi connectivity index (χ4n) is 3.65. The van der Waals surface area contributed by atoms with Crippen LogP contribution < -0.4 is 5.32 Å². The van der Waals surface area contributed by atoms with E-state index in [0.29, 0.717) is 37.4 Å². The minimum absolute atomic E-state index is 0.00102. The van der Waals surface area contributed by atoms with Gasteiger partial charge in [0.15, 0.2) is 11.4 Å². The van der Waals surface area contributed by atoms with Gasteiger partial charge in [0.2, 0.25) is 0 Å².